The number of rotatable bonds is 2. The van der Waals surface area contributed by atoms with Gasteiger partial charge in [-0.15, -0.1) is 11.6 Å². The Morgan fingerprint density at radius 3 is 2.50 bits per heavy atom. The second-order valence-corrected chi connectivity index (χ2v) is 7.75. The Labute approximate surface area is 133 Å². The summed E-state index contributed by atoms with van der Waals surface area (Å²) in [5.41, 5.74) is 1.32. The van der Waals surface area contributed by atoms with E-state index < -0.39 is 0 Å². The summed E-state index contributed by atoms with van der Waals surface area (Å²) in [5, 5.41) is 2.76. The number of halogens is 2. The highest BCUT2D eigenvalue weighted by Gasteiger charge is 2.43. The van der Waals surface area contributed by atoms with E-state index in [9.17, 15) is 0 Å². The predicted octanol–water partition coefficient (Wildman–Crippen LogP) is 6.32. The molecule has 0 N–H and O–H groups in total. The van der Waals surface area contributed by atoms with Crippen LogP contribution in [0.1, 0.15) is 36.6 Å². The van der Waals surface area contributed by atoms with Crippen molar-refractivity contribution >= 4 is 38.3 Å². The molecule has 2 fully saturated rings. The summed E-state index contributed by atoms with van der Waals surface area (Å²) in [6.45, 7) is 0. The van der Waals surface area contributed by atoms with E-state index in [4.69, 9.17) is 11.6 Å². The highest BCUT2D eigenvalue weighted by molar-refractivity contribution is 9.10. The molecule has 0 radical (unpaired) electrons. The average molecular weight is 350 g/mol. The molecule has 2 aromatic carbocycles. The Hall–Kier alpha value is -0.530. The van der Waals surface area contributed by atoms with Crippen molar-refractivity contribution in [2.75, 3.05) is 0 Å². The van der Waals surface area contributed by atoms with E-state index in [1.54, 1.807) is 0 Å². The summed E-state index contributed by atoms with van der Waals surface area (Å²) >= 11 is 10.6. The maximum atomic E-state index is 6.92. The summed E-state index contributed by atoms with van der Waals surface area (Å²) in [5.74, 6) is 2.50. The molecule has 0 amide bonds. The third kappa shape index (κ3) is 2.02. The number of hydrogen-bond donors (Lipinski definition) is 0. The van der Waals surface area contributed by atoms with E-state index in [1.165, 1.54) is 42.0 Å². The van der Waals surface area contributed by atoms with Gasteiger partial charge in [-0.2, -0.15) is 0 Å². The van der Waals surface area contributed by atoms with Gasteiger partial charge in [-0.25, -0.2) is 0 Å². The predicted molar refractivity (Wildman–Crippen MR) is 89.2 cm³/mol. The molecule has 0 aliphatic heterocycles. The van der Waals surface area contributed by atoms with Crippen molar-refractivity contribution in [3.63, 3.8) is 0 Å². The van der Waals surface area contributed by atoms with Gasteiger partial charge in [0.2, 0.25) is 0 Å². The van der Waals surface area contributed by atoms with Gasteiger partial charge in [-0.1, -0.05) is 52.7 Å². The van der Waals surface area contributed by atoms with Crippen molar-refractivity contribution in [3.05, 3.63) is 46.4 Å². The molecule has 0 heterocycles. The molecule has 2 heteroatoms. The first-order chi connectivity index (χ1) is 9.74. The first kappa shape index (κ1) is 13.2. The first-order valence-electron chi connectivity index (χ1n) is 7.55. The monoisotopic (exact) mass is 348 g/mol. The molecule has 2 bridgehead atoms. The molecule has 4 rings (SSSR count). The van der Waals surface area contributed by atoms with Gasteiger partial charge in [0.1, 0.15) is 0 Å². The molecule has 4 atom stereocenters. The van der Waals surface area contributed by atoms with Gasteiger partial charge < -0.3 is 0 Å². The minimum Gasteiger partial charge on any atom is -0.117 e. The first-order valence-corrected chi connectivity index (χ1v) is 8.78. The summed E-state index contributed by atoms with van der Waals surface area (Å²) in [7, 11) is 0. The van der Waals surface area contributed by atoms with Crippen LogP contribution in [0.5, 0.6) is 0 Å². The number of hydrogen-bond acceptors (Lipinski definition) is 0. The van der Waals surface area contributed by atoms with Crippen molar-refractivity contribution in [3.8, 4) is 0 Å². The van der Waals surface area contributed by atoms with Crippen molar-refractivity contribution in [2.24, 2.45) is 17.8 Å². The summed E-state index contributed by atoms with van der Waals surface area (Å²) in [6.07, 6.45) is 5.59. The minimum atomic E-state index is 0.170. The van der Waals surface area contributed by atoms with E-state index in [-0.39, 0.29) is 5.38 Å². The Morgan fingerprint density at radius 2 is 1.80 bits per heavy atom. The van der Waals surface area contributed by atoms with E-state index in [1.807, 2.05) is 0 Å². The van der Waals surface area contributed by atoms with E-state index in [2.05, 4.69) is 52.3 Å². The molecule has 104 valence electrons. The normalized spacial score (nSPS) is 30.0. The largest absolute Gasteiger partial charge is 0.117 e. The van der Waals surface area contributed by atoms with Crippen molar-refractivity contribution in [1.82, 2.24) is 0 Å². The van der Waals surface area contributed by atoms with Crippen LogP contribution in [0.25, 0.3) is 10.8 Å². The standard InChI is InChI=1S/C18H18BrCl/c19-17-8-7-15(13-3-1-2-4-14(13)17)18(20)16-10-11-5-6-12(16)9-11/h1-4,7-8,11-12,16,18H,5-6,9-10H2. The van der Waals surface area contributed by atoms with Crippen molar-refractivity contribution < 1.29 is 0 Å². The zero-order chi connectivity index (χ0) is 13.7. The molecule has 4 unspecified atom stereocenters. The fraction of sp³-hybridized carbons (Fsp3) is 0.444. The third-order valence-corrected chi connectivity index (χ3v) is 6.62. The molecule has 2 saturated carbocycles. The van der Waals surface area contributed by atoms with E-state index in [0.717, 1.165) is 16.3 Å². The van der Waals surface area contributed by atoms with Gasteiger partial charge >= 0.3 is 0 Å². The molecular weight excluding hydrogens is 332 g/mol. The lowest BCUT2D eigenvalue weighted by atomic mass is 9.83. The average Bonchev–Trinajstić information content (AvgIpc) is 3.10. The van der Waals surface area contributed by atoms with Gasteiger partial charge in [0.25, 0.3) is 0 Å². The van der Waals surface area contributed by atoms with Gasteiger partial charge in [0.05, 0.1) is 5.38 Å². The molecule has 2 aliphatic carbocycles. The van der Waals surface area contributed by atoms with Crippen LogP contribution in [0.15, 0.2) is 40.9 Å². The molecule has 2 aliphatic rings. The quantitative estimate of drug-likeness (QED) is 0.557. The van der Waals surface area contributed by atoms with Crippen LogP contribution < -0.4 is 0 Å². The minimum absolute atomic E-state index is 0.170. The smallest absolute Gasteiger partial charge is 0.0622 e. The molecule has 0 nitrogen and oxygen atoms in total. The molecule has 2 aromatic rings. The molecular formula is C18H18BrCl. The van der Waals surface area contributed by atoms with Crippen molar-refractivity contribution in [2.45, 2.75) is 31.1 Å². The number of benzene rings is 2. The SMILES string of the molecule is ClC(c1ccc(Br)c2ccccc12)C1CC2CCC1C2. The Morgan fingerprint density at radius 1 is 1.00 bits per heavy atom. The molecule has 0 saturated heterocycles. The van der Waals surface area contributed by atoms with Crippen LogP contribution >= 0.6 is 27.5 Å². The van der Waals surface area contributed by atoms with Gasteiger partial charge in [-0.3, -0.25) is 0 Å². The van der Waals surface area contributed by atoms with Crippen LogP contribution in [-0.4, -0.2) is 0 Å². The van der Waals surface area contributed by atoms with Crippen LogP contribution in [0, 0.1) is 17.8 Å². The summed E-state index contributed by atoms with van der Waals surface area (Å²) in [6, 6.07) is 13.0. The highest BCUT2D eigenvalue weighted by Crippen LogP contribution is 2.55. The van der Waals surface area contributed by atoms with E-state index in [0.29, 0.717) is 5.92 Å². The zero-order valence-corrected chi connectivity index (χ0v) is 13.7. The fourth-order valence-electron chi connectivity index (χ4n) is 4.41. The molecule has 0 spiro atoms. The lowest BCUT2D eigenvalue weighted by Gasteiger charge is -2.27. The number of alkyl halides is 1. The fourth-order valence-corrected chi connectivity index (χ4v) is 5.39. The maximum absolute atomic E-state index is 6.92. The van der Waals surface area contributed by atoms with Crippen LogP contribution in [-0.2, 0) is 0 Å². The second kappa shape index (κ2) is 5.03. The second-order valence-electron chi connectivity index (χ2n) is 6.42. The van der Waals surface area contributed by atoms with Crippen LogP contribution in [0.3, 0.4) is 0 Å². The topological polar surface area (TPSA) is 0 Å². The molecule has 20 heavy (non-hydrogen) atoms. The Kier molecular flexibility index (Phi) is 3.31. The Bertz CT molecular complexity index is 651. The summed E-state index contributed by atoms with van der Waals surface area (Å²) < 4.78 is 1.16. The van der Waals surface area contributed by atoms with Crippen LogP contribution in [0.2, 0.25) is 0 Å². The highest BCUT2D eigenvalue weighted by atomic mass is 79.9. The lowest BCUT2D eigenvalue weighted by molar-refractivity contribution is 0.324. The molecule has 0 aromatic heterocycles. The van der Waals surface area contributed by atoms with E-state index >= 15 is 0 Å². The van der Waals surface area contributed by atoms with Gasteiger partial charge in [-0.05, 0) is 59.4 Å². The summed E-state index contributed by atoms with van der Waals surface area (Å²) in [4.78, 5) is 0. The third-order valence-electron chi connectivity index (χ3n) is 5.37. The zero-order valence-electron chi connectivity index (χ0n) is 11.4. The van der Waals surface area contributed by atoms with Gasteiger partial charge in [0.15, 0.2) is 0 Å². The lowest BCUT2D eigenvalue weighted by Crippen LogP contribution is -2.16. The van der Waals surface area contributed by atoms with Crippen LogP contribution in [0.4, 0.5) is 0 Å². The Balaban J connectivity index is 1.77. The number of fused-ring (bicyclic) bond motifs is 3. The maximum Gasteiger partial charge on any atom is 0.0622 e. The van der Waals surface area contributed by atoms with Crippen molar-refractivity contribution in [1.29, 1.82) is 0 Å². The van der Waals surface area contributed by atoms with Gasteiger partial charge in [0, 0.05) is 4.47 Å².